The zero-order valence-corrected chi connectivity index (χ0v) is 11.3. The van der Waals surface area contributed by atoms with E-state index in [1.54, 1.807) is 0 Å². The van der Waals surface area contributed by atoms with E-state index < -0.39 is 0 Å². The Hall–Kier alpha value is -1.01. The number of amides is 1. The number of nitrogens with one attached hydrogen (secondary N) is 1. The van der Waals surface area contributed by atoms with Crippen LogP contribution in [0.1, 0.15) is 44.9 Å². The minimum absolute atomic E-state index is 0.00410. The van der Waals surface area contributed by atoms with E-state index >= 15 is 0 Å². The van der Waals surface area contributed by atoms with Crippen molar-refractivity contribution in [3.63, 3.8) is 0 Å². The van der Waals surface area contributed by atoms with Gasteiger partial charge in [0.2, 0.25) is 5.91 Å². The molecule has 0 radical (unpaired) electrons. The van der Waals surface area contributed by atoms with Gasteiger partial charge in [0.05, 0.1) is 12.2 Å². The quantitative estimate of drug-likeness (QED) is 0.464. The Labute approximate surface area is 113 Å². The highest BCUT2D eigenvalue weighted by Gasteiger charge is 2.24. The predicted octanol–water partition coefficient (Wildman–Crippen LogP) is 1.36. The van der Waals surface area contributed by atoms with Crippen LogP contribution < -0.4 is 5.32 Å². The number of ether oxygens (including phenoxy) is 1. The van der Waals surface area contributed by atoms with E-state index in [0.717, 1.165) is 32.1 Å². The summed E-state index contributed by atoms with van der Waals surface area (Å²) in [6, 6.07) is 0. The Kier molecular flexibility index (Phi) is 8.33. The van der Waals surface area contributed by atoms with E-state index in [0.29, 0.717) is 19.4 Å². The van der Waals surface area contributed by atoms with Crippen LogP contribution in [0.5, 0.6) is 0 Å². The number of unbranched alkanes of at least 4 members (excludes halogenated alkanes) is 1. The Bertz CT molecular complexity index is 273. The van der Waals surface area contributed by atoms with Gasteiger partial charge in [-0.1, -0.05) is 5.18 Å². The first-order chi connectivity index (χ1) is 9.26. The van der Waals surface area contributed by atoms with Crippen LogP contribution in [0.2, 0.25) is 0 Å². The van der Waals surface area contributed by atoms with E-state index in [4.69, 9.17) is 9.84 Å². The SMILES string of the molecule is O=NCC1CCC(CCCNC(=O)CCCCO)O1. The number of aliphatic hydroxyl groups excluding tert-OH is 1. The van der Waals surface area contributed by atoms with Gasteiger partial charge in [-0.25, -0.2) is 0 Å². The fraction of sp³-hybridized carbons (Fsp3) is 0.923. The molecule has 1 heterocycles. The van der Waals surface area contributed by atoms with Crippen LogP contribution in [-0.2, 0) is 9.53 Å². The lowest BCUT2D eigenvalue weighted by Gasteiger charge is -2.11. The molecule has 0 aromatic heterocycles. The summed E-state index contributed by atoms with van der Waals surface area (Å²) >= 11 is 0. The molecule has 110 valence electrons. The number of hydrogen-bond acceptors (Lipinski definition) is 5. The van der Waals surface area contributed by atoms with E-state index in [-0.39, 0.29) is 31.3 Å². The maximum atomic E-state index is 11.4. The Morgan fingerprint density at radius 2 is 2.05 bits per heavy atom. The summed E-state index contributed by atoms with van der Waals surface area (Å²) in [7, 11) is 0. The molecule has 6 heteroatoms. The van der Waals surface area contributed by atoms with Gasteiger partial charge >= 0.3 is 0 Å². The first kappa shape index (κ1) is 16.0. The van der Waals surface area contributed by atoms with E-state index in [2.05, 4.69) is 10.5 Å². The van der Waals surface area contributed by atoms with E-state index in [1.165, 1.54) is 0 Å². The average molecular weight is 272 g/mol. The summed E-state index contributed by atoms with van der Waals surface area (Å²) < 4.78 is 5.65. The highest BCUT2D eigenvalue weighted by atomic mass is 16.5. The second-order valence-electron chi connectivity index (χ2n) is 4.94. The molecule has 0 aromatic carbocycles. The molecule has 1 aliphatic heterocycles. The van der Waals surface area contributed by atoms with Crippen LogP contribution >= 0.6 is 0 Å². The Morgan fingerprint density at radius 1 is 1.26 bits per heavy atom. The second kappa shape index (κ2) is 9.86. The van der Waals surface area contributed by atoms with Crippen LogP contribution in [0.25, 0.3) is 0 Å². The third kappa shape index (κ3) is 7.22. The summed E-state index contributed by atoms with van der Waals surface area (Å²) in [5.74, 6) is 0.0452. The minimum atomic E-state index is -0.00410. The van der Waals surface area contributed by atoms with Crippen molar-refractivity contribution in [2.24, 2.45) is 5.18 Å². The van der Waals surface area contributed by atoms with Gasteiger partial charge < -0.3 is 15.2 Å². The van der Waals surface area contributed by atoms with Crippen molar-refractivity contribution in [3.05, 3.63) is 4.91 Å². The largest absolute Gasteiger partial charge is 0.396 e. The number of nitrogens with zero attached hydrogens (tertiary/aromatic N) is 1. The molecule has 0 aliphatic carbocycles. The summed E-state index contributed by atoms with van der Waals surface area (Å²) in [5, 5.41) is 14.3. The molecule has 6 nitrogen and oxygen atoms in total. The molecule has 0 bridgehead atoms. The molecular formula is C13H24N2O4. The van der Waals surface area contributed by atoms with Gasteiger partial charge in [0, 0.05) is 19.6 Å². The van der Waals surface area contributed by atoms with Gasteiger partial charge in [0.25, 0.3) is 0 Å². The van der Waals surface area contributed by atoms with Crippen molar-refractivity contribution in [2.75, 3.05) is 19.7 Å². The van der Waals surface area contributed by atoms with Crippen molar-refractivity contribution in [1.29, 1.82) is 0 Å². The number of carbonyl (C=O) groups is 1. The topological polar surface area (TPSA) is 88.0 Å². The molecular weight excluding hydrogens is 248 g/mol. The number of hydrogen-bond donors (Lipinski definition) is 2. The molecule has 1 rings (SSSR count). The Balaban J connectivity index is 1.96. The Morgan fingerprint density at radius 3 is 2.79 bits per heavy atom. The van der Waals surface area contributed by atoms with Crippen LogP contribution in [0.4, 0.5) is 0 Å². The second-order valence-corrected chi connectivity index (χ2v) is 4.94. The van der Waals surface area contributed by atoms with Crippen LogP contribution in [0, 0.1) is 4.91 Å². The molecule has 0 spiro atoms. The monoisotopic (exact) mass is 272 g/mol. The third-order valence-corrected chi connectivity index (χ3v) is 3.31. The fourth-order valence-corrected chi connectivity index (χ4v) is 2.25. The van der Waals surface area contributed by atoms with Gasteiger partial charge in [-0.05, 0) is 38.5 Å². The lowest BCUT2D eigenvalue weighted by molar-refractivity contribution is -0.121. The lowest BCUT2D eigenvalue weighted by atomic mass is 10.1. The summed E-state index contributed by atoms with van der Waals surface area (Å²) in [6.45, 7) is 1.05. The molecule has 0 aromatic rings. The lowest BCUT2D eigenvalue weighted by Crippen LogP contribution is -2.25. The van der Waals surface area contributed by atoms with Crippen LogP contribution in [-0.4, -0.2) is 42.9 Å². The molecule has 0 saturated carbocycles. The molecule has 1 fully saturated rings. The first-order valence-corrected chi connectivity index (χ1v) is 7.08. The van der Waals surface area contributed by atoms with Crippen molar-refractivity contribution in [1.82, 2.24) is 5.32 Å². The van der Waals surface area contributed by atoms with Crippen molar-refractivity contribution in [2.45, 2.75) is 57.2 Å². The fourth-order valence-electron chi connectivity index (χ4n) is 2.25. The van der Waals surface area contributed by atoms with Crippen molar-refractivity contribution < 1.29 is 14.6 Å². The number of carbonyl (C=O) groups excluding carboxylic acids is 1. The minimum Gasteiger partial charge on any atom is -0.396 e. The highest BCUT2D eigenvalue weighted by Crippen LogP contribution is 2.23. The van der Waals surface area contributed by atoms with Crippen molar-refractivity contribution >= 4 is 5.91 Å². The molecule has 1 amide bonds. The summed E-state index contributed by atoms with van der Waals surface area (Å²) in [4.78, 5) is 21.5. The van der Waals surface area contributed by atoms with Gasteiger partial charge in [-0.2, -0.15) is 4.91 Å². The molecule has 1 saturated heterocycles. The third-order valence-electron chi connectivity index (χ3n) is 3.31. The maximum absolute atomic E-state index is 11.4. The normalized spacial score (nSPS) is 22.4. The zero-order valence-electron chi connectivity index (χ0n) is 11.3. The number of rotatable bonds is 10. The highest BCUT2D eigenvalue weighted by molar-refractivity contribution is 5.75. The van der Waals surface area contributed by atoms with Gasteiger partial charge in [-0.15, -0.1) is 0 Å². The molecule has 2 unspecified atom stereocenters. The summed E-state index contributed by atoms with van der Waals surface area (Å²) in [6.07, 6.45) is 5.77. The van der Waals surface area contributed by atoms with E-state index in [9.17, 15) is 9.70 Å². The average Bonchev–Trinajstić information content (AvgIpc) is 2.83. The van der Waals surface area contributed by atoms with Crippen LogP contribution in [0.3, 0.4) is 0 Å². The van der Waals surface area contributed by atoms with Crippen LogP contribution in [0.15, 0.2) is 5.18 Å². The number of aliphatic hydroxyl groups is 1. The zero-order chi connectivity index (χ0) is 13.9. The molecule has 1 aliphatic rings. The van der Waals surface area contributed by atoms with Gasteiger partial charge in [-0.3, -0.25) is 4.79 Å². The summed E-state index contributed by atoms with van der Waals surface area (Å²) in [5.41, 5.74) is 0. The standard InChI is InChI=1S/C13H24N2O4/c16-9-2-1-5-13(17)14-8-3-4-11-6-7-12(19-11)10-15-18/h11-12,16H,1-10H2,(H,14,17). The van der Waals surface area contributed by atoms with E-state index in [1.807, 2.05) is 0 Å². The first-order valence-electron chi connectivity index (χ1n) is 7.08. The maximum Gasteiger partial charge on any atom is 0.219 e. The van der Waals surface area contributed by atoms with Gasteiger partial charge in [0.1, 0.15) is 6.54 Å². The van der Waals surface area contributed by atoms with Crippen molar-refractivity contribution in [3.8, 4) is 0 Å². The molecule has 19 heavy (non-hydrogen) atoms. The van der Waals surface area contributed by atoms with Gasteiger partial charge in [0.15, 0.2) is 0 Å². The smallest absolute Gasteiger partial charge is 0.219 e. The molecule has 2 N–H and O–H groups in total. The predicted molar refractivity (Wildman–Crippen MR) is 71.7 cm³/mol. The molecule has 2 atom stereocenters. The number of nitroso groups, excluding NO2 is 1.